The predicted octanol–water partition coefficient (Wildman–Crippen LogP) is 2.68. The fourth-order valence-corrected chi connectivity index (χ4v) is 2.22. The van der Waals surface area contributed by atoms with E-state index in [0.29, 0.717) is 28.7 Å². The van der Waals surface area contributed by atoms with Crippen molar-refractivity contribution < 1.29 is 9.53 Å². The Morgan fingerprint density at radius 3 is 2.89 bits per heavy atom. The van der Waals surface area contributed by atoms with Crippen LogP contribution in [-0.4, -0.2) is 17.5 Å². The molecule has 0 bridgehead atoms. The maximum atomic E-state index is 12.0. The molecular weight excluding hydrogens is 262 g/mol. The van der Waals surface area contributed by atoms with Crippen molar-refractivity contribution in [3.63, 3.8) is 0 Å². The van der Waals surface area contributed by atoms with Gasteiger partial charge >= 0.3 is 0 Å². The van der Waals surface area contributed by atoms with Crippen LogP contribution >= 0.6 is 11.3 Å². The molecule has 1 aromatic heterocycles. The van der Waals surface area contributed by atoms with E-state index in [1.54, 1.807) is 24.4 Å². The molecule has 0 spiro atoms. The van der Waals surface area contributed by atoms with Crippen molar-refractivity contribution in [2.45, 2.75) is 13.8 Å². The molecule has 0 radical (unpaired) electrons. The van der Waals surface area contributed by atoms with Gasteiger partial charge < -0.3 is 10.5 Å². The summed E-state index contributed by atoms with van der Waals surface area (Å²) in [6, 6.07) is 4.97. The van der Waals surface area contributed by atoms with E-state index in [0.717, 1.165) is 4.88 Å². The van der Waals surface area contributed by atoms with Crippen LogP contribution < -0.4 is 15.8 Å². The summed E-state index contributed by atoms with van der Waals surface area (Å²) in [5.74, 6) is 0.355. The van der Waals surface area contributed by atoms with Crippen molar-refractivity contribution in [3.8, 4) is 5.75 Å². The third-order valence-electron chi connectivity index (χ3n) is 2.41. The van der Waals surface area contributed by atoms with E-state index < -0.39 is 0 Å². The van der Waals surface area contributed by atoms with Crippen LogP contribution in [0.2, 0.25) is 0 Å². The third-order valence-corrected chi connectivity index (χ3v) is 3.24. The molecule has 0 aliphatic rings. The summed E-state index contributed by atoms with van der Waals surface area (Å²) in [5, 5.41) is 3.31. The SMILES string of the molecule is CCOc1ccc(C(=O)Nc2ncc(C)s2)cc1N. The van der Waals surface area contributed by atoms with E-state index in [1.807, 2.05) is 13.8 Å². The zero-order valence-electron chi connectivity index (χ0n) is 10.8. The molecule has 2 rings (SSSR count). The number of hydrogen-bond acceptors (Lipinski definition) is 5. The van der Waals surface area contributed by atoms with E-state index >= 15 is 0 Å². The molecule has 1 aromatic carbocycles. The van der Waals surface area contributed by atoms with Crippen LogP contribution in [0, 0.1) is 6.92 Å². The van der Waals surface area contributed by atoms with E-state index in [1.165, 1.54) is 11.3 Å². The Kier molecular flexibility index (Phi) is 4.01. The highest BCUT2D eigenvalue weighted by molar-refractivity contribution is 7.15. The van der Waals surface area contributed by atoms with E-state index in [4.69, 9.17) is 10.5 Å². The van der Waals surface area contributed by atoms with Gasteiger partial charge in [-0.15, -0.1) is 11.3 Å². The number of ether oxygens (including phenoxy) is 1. The minimum atomic E-state index is -0.232. The number of nitrogens with one attached hydrogen (secondary N) is 1. The Balaban J connectivity index is 2.13. The number of nitrogens with zero attached hydrogens (tertiary/aromatic N) is 1. The van der Waals surface area contributed by atoms with Crippen molar-refractivity contribution in [1.82, 2.24) is 4.98 Å². The zero-order valence-corrected chi connectivity index (χ0v) is 11.6. The Bertz CT molecular complexity index is 595. The molecular formula is C13H15N3O2S. The molecule has 0 aliphatic carbocycles. The largest absolute Gasteiger partial charge is 0.492 e. The maximum absolute atomic E-state index is 12.0. The summed E-state index contributed by atoms with van der Waals surface area (Å²) in [6.07, 6.45) is 1.72. The number of rotatable bonds is 4. The maximum Gasteiger partial charge on any atom is 0.257 e. The lowest BCUT2D eigenvalue weighted by Gasteiger charge is -2.08. The molecule has 100 valence electrons. The monoisotopic (exact) mass is 277 g/mol. The van der Waals surface area contributed by atoms with Gasteiger partial charge in [-0.25, -0.2) is 4.98 Å². The van der Waals surface area contributed by atoms with Gasteiger partial charge in [0.25, 0.3) is 5.91 Å². The lowest BCUT2D eigenvalue weighted by molar-refractivity contribution is 0.102. The highest BCUT2D eigenvalue weighted by Crippen LogP contribution is 2.23. The van der Waals surface area contributed by atoms with Crippen LogP contribution in [0.4, 0.5) is 10.8 Å². The molecule has 6 heteroatoms. The predicted molar refractivity (Wildman–Crippen MR) is 76.8 cm³/mol. The first kappa shape index (κ1) is 13.4. The summed E-state index contributed by atoms with van der Waals surface area (Å²) in [4.78, 5) is 17.1. The molecule has 0 fully saturated rings. The van der Waals surface area contributed by atoms with Crippen molar-refractivity contribution in [2.75, 3.05) is 17.7 Å². The molecule has 5 nitrogen and oxygen atoms in total. The summed E-state index contributed by atoms with van der Waals surface area (Å²) in [5.41, 5.74) is 6.75. The van der Waals surface area contributed by atoms with Crippen molar-refractivity contribution in [3.05, 3.63) is 34.8 Å². The Morgan fingerprint density at radius 1 is 1.53 bits per heavy atom. The van der Waals surface area contributed by atoms with Gasteiger partial charge in [-0.05, 0) is 32.0 Å². The van der Waals surface area contributed by atoms with E-state index in [9.17, 15) is 4.79 Å². The highest BCUT2D eigenvalue weighted by atomic mass is 32.1. The molecule has 0 saturated heterocycles. The number of nitrogens with two attached hydrogens (primary N) is 1. The Morgan fingerprint density at radius 2 is 2.32 bits per heavy atom. The lowest BCUT2D eigenvalue weighted by Crippen LogP contribution is -2.12. The molecule has 0 unspecified atom stereocenters. The van der Waals surface area contributed by atoms with Crippen LogP contribution in [0.1, 0.15) is 22.2 Å². The molecule has 1 amide bonds. The van der Waals surface area contributed by atoms with Crippen molar-refractivity contribution >= 4 is 28.1 Å². The van der Waals surface area contributed by atoms with Crippen LogP contribution in [-0.2, 0) is 0 Å². The highest BCUT2D eigenvalue weighted by Gasteiger charge is 2.10. The summed E-state index contributed by atoms with van der Waals surface area (Å²) < 4.78 is 5.33. The number of aromatic nitrogens is 1. The molecule has 0 aliphatic heterocycles. The lowest BCUT2D eigenvalue weighted by atomic mass is 10.2. The normalized spacial score (nSPS) is 10.2. The van der Waals surface area contributed by atoms with Gasteiger partial charge in [0.1, 0.15) is 5.75 Å². The molecule has 0 atom stereocenters. The van der Waals surface area contributed by atoms with E-state index in [-0.39, 0.29) is 5.91 Å². The van der Waals surface area contributed by atoms with Crippen LogP contribution in [0.5, 0.6) is 5.75 Å². The molecule has 1 heterocycles. The van der Waals surface area contributed by atoms with Crippen LogP contribution in [0.3, 0.4) is 0 Å². The number of anilines is 2. The number of benzene rings is 1. The van der Waals surface area contributed by atoms with Gasteiger partial charge in [0.05, 0.1) is 12.3 Å². The van der Waals surface area contributed by atoms with Crippen molar-refractivity contribution in [1.29, 1.82) is 0 Å². The van der Waals surface area contributed by atoms with Gasteiger partial charge in [-0.3, -0.25) is 10.1 Å². The minimum absolute atomic E-state index is 0.232. The zero-order chi connectivity index (χ0) is 13.8. The van der Waals surface area contributed by atoms with Gasteiger partial charge in [0, 0.05) is 16.6 Å². The molecule has 0 saturated carbocycles. The molecule has 3 N–H and O–H groups in total. The summed E-state index contributed by atoms with van der Waals surface area (Å²) in [7, 11) is 0. The smallest absolute Gasteiger partial charge is 0.257 e. The van der Waals surface area contributed by atoms with Gasteiger partial charge in [-0.2, -0.15) is 0 Å². The first-order valence-corrected chi connectivity index (χ1v) is 6.68. The fraction of sp³-hybridized carbons (Fsp3) is 0.231. The second-order valence-electron chi connectivity index (χ2n) is 3.92. The van der Waals surface area contributed by atoms with Crippen molar-refractivity contribution in [2.24, 2.45) is 0 Å². The molecule has 2 aromatic rings. The topological polar surface area (TPSA) is 77.2 Å². The third kappa shape index (κ3) is 3.23. The summed E-state index contributed by atoms with van der Waals surface area (Å²) in [6.45, 7) is 4.35. The molecule has 19 heavy (non-hydrogen) atoms. The first-order chi connectivity index (χ1) is 9.10. The number of carbonyl (C=O) groups excluding carboxylic acids is 1. The Hall–Kier alpha value is -2.08. The second-order valence-corrected chi connectivity index (χ2v) is 5.15. The fourth-order valence-electron chi connectivity index (χ4n) is 1.56. The van der Waals surface area contributed by atoms with Crippen LogP contribution in [0.15, 0.2) is 24.4 Å². The number of thiazole rings is 1. The van der Waals surface area contributed by atoms with Crippen LogP contribution in [0.25, 0.3) is 0 Å². The number of hydrogen-bond donors (Lipinski definition) is 2. The Labute approximate surface area is 115 Å². The number of carbonyl (C=O) groups is 1. The van der Waals surface area contributed by atoms with Gasteiger partial charge in [-0.1, -0.05) is 0 Å². The quantitative estimate of drug-likeness (QED) is 0.842. The first-order valence-electron chi connectivity index (χ1n) is 5.86. The van der Waals surface area contributed by atoms with Gasteiger partial charge in [0.2, 0.25) is 0 Å². The number of nitrogen functional groups attached to an aromatic ring is 1. The average Bonchev–Trinajstić information content (AvgIpc) is 2.77. The average molecular weight is 277 g/mol. The van der Waals surface area contributed by atoms with E-state index in [2.05, 4.69) is 10.3 Å². The second kappa shape index (κ2) is 5.71. The summed E-state index contributed by atoms with van der Waals surface area (Å²) >= 11 is 1.43. The van der Waals surface area contributed by atoms with Gasteiger partial charge in [0.15, 0.2) is 5.13 Å². The number of amides is 1. The minimum Gasteiger partial charge on any atom is -0.492 e. The standard InChI is InChI=1S/C13H15N3O2S/c1-3-18-11-5-4-9(6-10(11)14)12(17)16-13-15-7-8(2)19-13/h4-7H,3,14H2,1-2H3,(H,15,16,17). The number of aryl methyl sites for hydroxylation is 1.